The molecule has 0 aliphatic heterocycles. The highest BCUT2D eigenvalue weighted by Gasteiger charge is 2.13. The molecule has 0 aliphatic rings. The topological polar surface area (TPSA) is 70.7 Å². The summed E-state index contributed by atoms with van der Waals surface area (Å²) in [5.41, 5.74) is 2.02. The molecule has 156 valence electrons. The maximum Gasteiger partial charge on any atom is 0.253 e. The van der Waals surface area contributed by atoms with E-state index < -0.39 is 0 Å². The number of anilines is 2. The predicted molar refractivity (Wildman–Crippen MR) is 118 cm³/mol. The van der Waals surface area contributed by atoms with Crippen LogP contribution in [-0.2, 0) is 4.79 Å². The number of hydrogen-bond donors (Lipinski definition) is 2. The van der Waals surface area contributed by atoms with Crippen LogP contribution >= 0.6 is 0 Å². The average molecular weight is 398 g/mol. The number of benzene rings is 2. The van der Waals surface area contributed by atoms with Crippen molar-refractivity contribution in [1.82, 2.24) is 4.90 Å². The molecule has 6 nitrogen and oxygen atoms in total. The van der Waals surface area contributed by atoms with Crippen LogP contribution in [0.25, 0.3) is 0 Å². The zero-order chi connectivity index (χ0) is 21.2. The zero-order valence-corrected chi connectivity index (χ0v) is 17.7. The van der Waals surface area contributed by atoms with Crippen molar-refractivity contribution in [3.8, 4) is 5.75 Å². The fourth-order valence-corrected chi connectivity index (χ4v) is 2.77. The lowest BCUT2D eigenvalue weighted by Gasteiger charge is -2.19. The largest absolute Gasteiger partial charge is 0.493 e. The lowest BCUT2D eigenvalue weighted by atomic mass is 10.1. The molecule has 0 aromatic heterocycles. The molecule has 0 saturated heterocycles. The van der Waals surface area contributed by atoms with Gasteiger partial charge in [0.15, 0.2) is 0 Å². The van der Waals surface area contributed by atoms with Gasteiger partial charge >= 0.3 is 0 Å². The van der Waals surface area contributed by atoms with Gasteiger partial charge in [-0.15, -0.1) is 0 Å². The highest BCUT2D eigenvalue weighted by Crippen LogP contribution is 2.18. The second-order valence-electron chi connectivity index (χ2n) is 7.19. The summed E-state index contributed by atoms with van der Waals surface area (Å²) in [6.07, 6.45) is 0. The number of amides is 2. The lowest BCUT2D eigenvalue weighted by molar-refractivity contribution is -0.114. The van der Waals surface area contributed by atoms with Crippen LogP contribution in [0.15, 0.2) is 48.5 Å². The highest BCUT2D eigenvalue weighted by molar-refractivity contribution is 5.96. The Labute approximate surface area is 173 Å². The first-order valence-corrected chi connectivity index (χ1v) is 10.1. The molecule has 0 radical (unpaired) electrons. The van der Waals surface area contributed by atoms with E-state index in [1.54, 1.807) is 17.0 Å². The summed E-state index contributed by atoms with van der Waals surface area (Å²) < 4.78 is 5.69. The molecule has 0 aliphatic carbocycles. The number of carbonyl (C=O) groups is 2. The molecule has 0 fully saturated rings. The molecule has 29 heavy (non-hydrogen) atoms. The van der Waals surface area contributed by atoms with Gasteiger partial charge in [0.05, 0.1) is 13.2 Å². The van der Waals surface area contributed by atoms with Crippen molar-refractivity contribution in [2.24, 2.45) is 5.92 Å². The Morgan fingerprint density at radius 1 is 1.00 bits per heavy atom. The molecule has 2 aromatic rings. The van der Waals surface area contributed by atoms with Crippen LogP contribution in [0.1, 0.15) is 38.1 Å². The van der Waals surface area contributed by atoms with Gasteiger partial charge < -0.3 is 20.3 Å². The van der Waals surface area contributed by atoms with Crippen LogP contribution in [0, 0.1) is 5.92 Å². The number of carbonyl (C=O) groups excluding carboxylic acids is 2. The minimum Gasteiger partial charge on any atom is -0.493 e. The summed E-state index contributed by atoms with van der Waals surface area (Å²) in [6.45, 7) is 10.1. The van der Waals surface area contributed by atoms with Crippen LogP contribution in [-0.4, -0.2) is 43.0 Å². The minimum atomic E-state index is -0.175. The molecule has 2 aromatic carbocycles. The van der Waals surface area contributed by atoms with Gasteiger partial charge in [-0.2, -0.15) is 0 Å². The van der Waals surface area contributed by atoms with E-state index in [4.69, 9.17) is 4.74 Å². The first-order valence-electron chi connectivity index (χ1n) is 10.1. The minimum absolute atomic E-state index is 0.0127. The quantitative estimate of drug-likeness (QED) is 0.629. The SMILES string of the molecule is CCN(CC)C(=O)c1cccc(NCC(=O)Nc2cccc(OCC(C)C)c2)c1. The van der Waals surface area contributed by atoms with E-state index in [0.29, 0.717) is 36.9 Å². The summed E-state index contributed by atoms with van der Waals surface area (Å²) in [5.74, 6) is 0.974. The van der Waals surface area contributed by atoms with Gasteiger partial charge in [-0.1, -0.05) is 26.0 Å². The number of nitrogens with zero attached hydrogens (tertiary/aromatic N) is 1. The first kappa shape index (κ1) is 22.3. The Kier molecular flexibility index (Phi) is 8.52. The molecular weight excluding hydrogens is 366 g/mol. The molecular formula is C23H31N3O3. The van der Waals surface area contributed by atoms with Crippen molar-refractivity contribution >= 4 is 23.2 Å². The Hall–Kier alpha value is -3.02. The van der Waals surface area contributed by atoms with Crippen molar-refractivity contribution in [2.75, 3.05) is 36.9 Å². The second kappa shape index (κ2) is 11.1. The first-order chi connectivity index (χ1) is 13.9. The zero-order valence-electron chi connectivity index (χ0n) is 17.7. The van der Waals surface area contributed by atoms with Gasteiger partial charge in [0.25, 0.3) is 5.91 Å². The molecule has 2 rings (SSSR count). The third kappa shape index (κ3) is 7.14. The molecule has 0 saturated carbocycles. The van der Waals surface area contributed by atoms with E-state index >= 15 is 0 Å². The summed E-state index contributed by atoms with van der Waals surface area (Å²) in [5, 5.41) is 5.93. The fraction of sp³-hybridized carbons (Fsp3) is 0.391. The van der Waals surface area contributed by atoms with Gasteiger partial charge in [-0.25, -0.2) is 0 Å². The van der Waals surface area contributed by atoms with Crippen LogP contribution in [0.3, 0.4) is 0 Å². The van der Waals surface area contributed by atoms with E-state index in [2.05, 4.69) is 24.5 Å². The smallest absolute Gasteiger partial charge is 0.253 e. The van der Waals surface area contributed by atoms with Crippen molar-refractivity contribution in [1.29, 1.82) is 0 Å². The van der Waals surface area contributed by atoms with E-state index in [1.807, 2.05) is 50.2 Å². The second-order valence-corrected chi connectivity index (χ2v) is 7.19. The molecule has 2 N–H and O–H groups in total. The number of ether oxygens (including phenoxy) is 1. The Morgan fingerprint density at radius 3 is 2.38 bits per heavy atom. The van der Waals surface area contributed by atoms with Crippen molar-refractivity contribution in [3.63, 3.8) is 0 Å². The van der Waals surface area contributed by atoms with Crippen LogP contribution in [0.2, 0.25) is 0 Å². The van der Waals surface area contributed by atoms with Crippen LogP contribution in [0.4, 0.5) is 11.4 Å². The normalized spacial score (nSPS) is 10.5. The fourth-order valence-electron chi connectivity index (χ4n) is 2.77. The lowest BCUT2D eigenvalue weighted by Crippen LogP contribution is -2.30. The monoisotopic (exact) mass is 397 g/mol. The molecule has 0 spiro atoms. The van der Waals surface area contributed by atoms with Crippen molar-refractivity contribution in [2.45, 2.75) is 27.7 Å². The Balaban J connectivity index is 1.92. The Morgan fingerprint density at radius 2 is 1.69 bits per heavy atom. The molecule has 2 amide bonds. The third-order valence-corrected chi connectivity index (χ3v) is 4.31. The number of nitrogens with one attached hydrogen (secondary N) is 2. The summed E-state index contributed by atoms with van der Waals surface area (Å²) in [7, 11) is 0. The number of hydrogen-bond acceptors (Lipinski definition) is 4. The summed E-state index contributed by atoms with van der Waals surface area (Å²) in [6, 6.07) is 14.6. The maximum atomic E-state index is 12.5. The van der Waals surface area contributed by atoms with Gasteiger partial charge in [-0.05, 0) is 50.1 Å². The predicted octanol–water partition coefficient (Wildman–Crippen LogP) is 4.25. The highest BCUT2D eigenvalue weighted by atomic mass is 16.5. The summed E-state index contributed by atoms with van der Waals surface area (Å²) >= 11 is 0. The maximum absolute atomic E-state index is 12.5. The average Bonchev–Trinajstić information content (AvgIpc) is 2.72. The van der Waals surface area contributed by atoms with Gasteiger partial charge in [0.1, 0.15) is 5.75 Å². The van der Waals surface area contributed by atoms with Crippen LogP contribution < -0.4 is 15.4 Å². The van der Waals surface area contributed by atoms with Gasteiger partial charge in [0.2, 0.25) is 5.91 Å². The van der Waals surface area contributed by atoms with E-state index in [0.717, 1.165) is 11.4 Å². The third-order valence-electron chi connectivity index (χ3n) is 4.31. The molecule has 0 bridgehead atoms. The number of rotatable bonds is 10. The Bertz CT molecular complexity index is 817. The molecule has 0 heterocycles. The molecule has 0 atom stereocenters. The van der Waals surface area contributed by atoms with Gasteiger partial charge in [-0.3, -0.25) is 9.59 Å². The van der Waals surface area contributed by atoms with E-state index in [1.165, 1.54) is 0 Å². The molecule has 0 unspecified atom stereocenters. The van der Waals surface area contributed by atoms with Gasteiger partial charge in [0, 0.05) is 36.1 Å². The van der Waals surface area contributed by atoms with E-state index in [-0.39, 0.29) is 18.4 Å². The molecule has 6 heteroatoms. The van der Waals surface area contributed by atoms with Crippen LogP contribution in [0.5, 0.6) is 5.75 Å². The summed E-state index contributed by atoms with van der Waals surface area (Å²) in [4.78, 5) is 26.5. The van der Waals surface area contributed by atoms with E-state index in [9.17, 15) is 9.59 Å². The standard InChI is InChI=1S/C23H31N3O3/c1-5-26(6-2)23(28)18-9-7-10-19(13-18)24-15-22(27)25-20-11-8-12-21(14-20)29-16-17(3)4/h7-14,17,24H,5-6,15-16H2,1-4H3,(H,25,27). The van der Waals surface area contributed by atoms with Crippen molar-refractivity contribution < 1.29 is 14.3 Å². The van der Waals surface area contributed by atoms with Crippen molar-refractivity contribution in [3.05, 3.63) is 54.1 Å².